The molecule has 0 spiro atoms. The maximum Gasteiger partial charge on any atom is 0.410 e. The van der Waals surface area contributed by atoms with Crippen molar-refractivity contribution in [1.82, 2.24) is 20.1 Å². The second kappa shape index (κ2) is 10.3. The van der Waals surface area contributed by atoms with Crippen molar-refractivity contribution in [3.63, 3.8) is 0 Å². The Kier molecular flexibility index (Phi) is 7.47. The topological polar surface area (TPSA) is 97.3 Å². The van der Waals surface area contributed by atoms with E-state index >= 15 is 0 Å². The van der Waals surface area contributed by atoms with Gasteiger partial charge >= 0.3 is 6.09 Å². The number of carbonyl (C=O) groups is 2. The van der Waals surface area contributed by atoms with Gasteiger partial charge in [-0.3, -0.25) is 10.1 Å². The molecule has 0 aliphatic carbocycles. The summed E-state index contributed by atoms with van der Waals surface area (Å²) < 4.78 is 5.65. The summed E-state index contributed by atoms with van der Waals surface area (Å²) in [5, 5.41) is 13.6. The molecule has 11 heteroatoms. The van der Waals surface area contributed by atoms with Crippen molar-refractivity contribution in [1.29, 1.82) is 0 Å². The van der Waals surface area contributed by atoms with Crippen molar-refractivity contribution in [2.75, 3.05) is 30.8 Å². The van der Waals surface area contributed by atoms with Gasteiger partial charge in [-0.1, -0.05) is 34.9 Å². The van der Waals surface area contributed by atoms with Gasteiger partial charge in [-0.2, -0.15) is 0 Å². The van der Waals surface area contributed by atoms with Crippen LogP contribution in [0.4, 0.5) is 9.93 Å². The van der Waals surface area contributed by atoms with Crippen molar-refractivity contribution in [2.45, 2.75) is 23.1 Å². The molecule has 2 aromatic rings. The first-order valence-corrected chi connectivity index (χ1v) is 11.3. The number of terminal acetylenes is 2. The molecule has 1 fully saturated rings. The Hall–Kier alpha value is -2.60. The van der Waals surface area contributed by atoms with Crippen molar-refractivity contribution in [3.8, 4) is 24.7 Å². The van der Waals surface area contributed by atoms with Crippen LogP contribution in [0.25, 0.3) is 0 Å². The normalized spacial score (nSPS) is 14.1. The van der Waals surface area contributed by atoms with E-state index in [4.69, 9.17) is 17.6 Å². The molecule has 0 aromatic carbocycles. The third-order valence-corrected chi connectivity index (χ3v) is 6.93. The van der Waals surface area contributed by atoms with Gasteiger partial charge in [0.05, 0.1) is 10.8 Å². The van der Waals surface area contributed by atoms with Crippen LogP contribution in [0.15, 0.2) is 9.72 Å². The van der Waals surface area contributed by atoms with Crippen LogP contribution in [0.2, 0.25) is 0 Å². The number of aromatic nitrogens is 3. The summed E-state index contributed by atoms with van der Waals surface area (Å²) in [4.78, 5) is 30.4. The number of ether oxygens (including phenoxy) is 1. The third-order valence-electron chi connectivity index (χ3n) is 4.04. The van der Waals surface area contributed by atoms with Crippen LogP contribution in [0.5, 0.6) is 0 Å². The van der Waals surface area contributed by atoms with E-state index < -0.39 is 6.09 Å². The monoisotopic (exact) mass is 447 g/mol. The van der Waals surface area contributed by atoms with E-state index in [0.29, 0.717) is 34.0 Å². The highest BCUT2D eigenvalue weighted by atomic mass is 32.2. The van der Waals surface area contributed by atoms with Crippen molar-refractivity contribution >= 4 is 51.6 Å². The molecule has 0 unspecified atom stereocenters. The number of nitrogens with one attached hydrogen (secondary N) is 1. The number of anilines is 1. The first-order chi connectivity index (χ1) is 14.1. The molecule has 2 amide bonds. The number of likely N-dealkylation sites (tertiary alicyclic amines) is 1. The van der Waals surface area contributed by atoms with Crippen LogP contribution in [-0.4, -0.2) is 57.5 Å². The zero-order chi connectivity index (χ0) is 20.6. The Labute approximate surface area is 180 Å². The number of thiazole rings is 1. The van der Waals surface area contributed by atoms with E-state index in [1.165, 1.54) is 34.4 Å². The summed E-state index contributed by atoms with van der Waals surface area (Å²) in [5.74, 6) is 5.17. The number of amides is 2. The molecule has 1 aliphatic heterocycles. The number of rotatable bonds is 6. The fraction of sp³-hybridized carbons (Fsp3) is 0.389. The van der Waals surface area contributed by atoms with Gasteiger partial charge in [-0.25, -0.2) is 9.78 Å². The maximum absolute atomic E-state index is 12.4. The van der Waals surface area contributed by atoms with Crippen LogP contribution in [0, 0.1) is 24.7 Å². The molecule has 3 heterocycles. The second-order valence-corrected chi connectivity index (χ2v) is 9.00. The molecular formula is C18H17N5O3S3. The fourth-order valence-electron chi connectivity index (χ4n) is 2.67. The second-order valence-electron chi connectivity index (χ2n) is 5.91. The van der Waals surface area contributed by atoms with E-state index in [1.807, 2.05) is 0 Å². The molecule has 1 N–H and O–H groups in total. The fourth-order valence-corrected chi connectivity index (χ4v) is 5.06. The molecule has 0 radical (unpaired) electrons. The minimum absolute atomic E-state index is 0.0254. The number of thioether (sulfide) groups is 1. The van der Waals surface area contributed by atoms with E-state index in [0.717, 1.165) is 17.8 Å². The number of carbonyl (C=O) groups excluding carboxylic acids is 2. The molecule has 8 nitrogen and oxygen atoms in total. The Morgan fingerprint density at radius 3 is 2.83 bits per heavy atom. The molecule has 1 saturated heterocycles. The number of piperidine rings is 1. The third kappa shape index (κ3) is 5.70. The lowest BCUT2D eigenvalue weighted by molar-refractivity contribution is 0.102. The Balaban J connectivity index is 1.52. The highest BCUT2D eigenvalue weighted by molar-refractivity contribution is 8.01. The summed E-state index contributed by atoms with van der Waals surface area (Å²) in [6, 6.07) is 0. The molecule has 0 bridgehead atoms. The van der Waals surface area contributed by atoms with Crippen LogP contribution in [-0.2, 0) is 4.74 Å². The summed E-state index contributed by atoms with van der Waals surface area (Å²) in [5.41, 5.74) is 0.342. The summed E-state index contributed by atoms with van der Waals surface area (Å²) in [6.07, 6.45) is 11.4. The van der Waals surface area contributed by atoms with Gasteiger partial charge in [0.2, 0.25) is 5.13 Å². The van der Waals surface area contributed by atoms with Gasteiger partial charge in [-0.05, 0) is 12.8 Å². The van der Waals surface area contributed by atoms with Crippen molar-refractivity contribution in [2.24, 2.45) is 0 Å². The maximum atomic E-state index is 12.4. The van der Waals surface area contributed by atoms with E-state index in [1.54, 1.807) is 10.3 Å². The van der Waals surface area contributed by atoms with Gasteiger partial charge in [0, 0.05) is 24.4 Å². The summed E-state index contributed by atoms with van der Waals surface area (Å²) >= 11 is 4.10. The van der Waals surface area contributed by atoms with Gasteiger partial charge in [0.1, 0.15) is 5.69 Å². The van der Waals surface area contributed by atoms with Crippen LogP contribution in [0.3, 0.4) is 0 Å². The van der Waals surface area contributed by atoms with Crippen LogP contribution < -0.4 is 5.32 Å². The molecule has 1 aliphatic rings. The van der Waals surface area contributed by atoms with E-state index in [-0.39, 0.29) is 18.4 Å². The van der Waals surface area contributed by atoms with Gasteiger partial charge in [0.15, 0.2) is 10.9 Å². The number of hydrogen-bond donors (Lipinski definition) is 1. The predicted molar refractivity (Wildman–Crippen MR) is 113 cm³/mol. The Morgan fingerprint density at radius 1 is 1.31 bits per heavy atom. The molecule has 3 rings (SSSR count). The first kappa shape index (κ1) is 21.1. The Morgan fingerprint density at radius 2 is 2.10 bits per heavy atom. The molecular weight excluding hydrogens is 430 g/mol. The van der Waals surface area contributed by atoms with Gasteiger partial charge in [0.25, 0.3) is 5.91 Å². The quantitative estimate of drug-likeness (QED) is 0.413. The van der Waals surface area contributed by atoms with E-state index in [2.05, 4.69) is 32.3 Å². The molecule has 29 heavy (non-hydrogen) atoms. The number of hydrogen-bond acceptors (Lipinski definition) is 9. The minimum Gasteiger partial charge on any atom is -0.436 e. The first-order valence-electron chi connectivity index (χ1n) is 8.62. The lowest BCUT2D eigenvalue weighted by Gasteiger charge is -2.30. The zero-order valence-electron chi connectivity index (χ0n) is 15.3. The summed E-state index contributed by atoms with van der Waals surface area (Å²) in [6.45, 7) is 1.11. The Bertz CT molecular complexity index is 951. The van der Waals surface area contributed by atoms with Crippen LogP contribution in [0.1, 0.15) is 34.3 Å². The van der Waals surface area contributed by atoms with E-state index in [9.17, 15) is 9.59 Å². The van der Waals surface area contributed by atoms with Gasteiger partial charge in [-0.15, -0.1) is 34.4 Å². The predicted octanol–water partition coefficient (Wildman–Crippen LogP) is 2.92. The molecule has 0 atom stereocenters. The number of nitrogens with zero attached hydrogens (tertiary/aromatic N) is 4. The average molecular weight is 448 g/mol. The molecule has 0 saturated carbocycles. The van der Waals surface area contributed by atoms with Crippen molar-refractivity contribution in [3.05, 3.63) is 16.1 Å². The minimum atomic E-state index is -0.391. The highest BCUT2D eigenvalue weighted by Crippen LogP contribution is 2.31. The smallest absolute Gasteiger partial charge is 0.410 e. The molecule has 2 aromatic heterocycles. The lowest BCUT2D eigenvalue weighted by atomic mass is 9.98. The van der Waals surface area contributed by atoms with Gasteiger partial charge < -0.3 is 9.64 Å². The standard InChI is InChI=1S/C18H17N5O3S3/c1-3-9-26-18(25)23-7-5-12(6-8-23)15-19-13(11-28-15)14(24)20-16-21-22-17(29-16)27-10-4-2/h1-2,11-12H,5-10H2,(H,20,21,24). The largest absolute Gasteiger partial charge is 0.436 e. The summed E-state index contributed by atoms with van der Waals surface area (Å²) in [7, 11) is 0. The average Bonchev–Trinajstić information content (AvgIpc) is 3.40. The van der Waals surface area contributed by atoms with Crippen LogP contribution >= 0.6 is 34.4 Å². The molecule has 150 valence electrons. The van der Waals surface area contributed by atoms with Crippen molar-refractivity contribution < 1.29 is 14.3 Å². The highest BCUT2D eigenvalue weighted by Gasteiger charge is 2.27. The zero-order valence-corrected chi connectivity index (χ0v) is 17.7. The SMILES string of the molecule is C#CCOC(=O)N1CCC(c2nc(C(=O)Nc3nnc(SCC#C)s3)cs2)CC1. The lowest BCUT2D eigenvalue weighted by Crippen LogP contribution is -2.38.